The third-order valence-corrected chi connectivity index (χ3v) is 4.00. The highest BCUT2D eigenvalue weighted by molar-refractivity contribution is 5.90. The van der Waals surface area contributed by atoms with Crippen molar-refractivity contribution in [2.75, 3.05) is 11.9 Å². The Hall–Kier alpha value is -3.94. The number of nitrogens with one attached hydrogen (secondary N) is 1. The molecule has 0 saturated heterocycles. The number of fused-ring (bicyclic) bond motifs is 1. The van der Waals surface area contributed by atoms with Crippen LogP contribution in [0.4, 0.5) is 14.9 Å². The Labute approximate surface area is 170 Å². The Morgan fingerprint density at radius 1 is 1.10 bits per heavy atom. The molecule has 0 atom stereocenters. The van der Waals surface area contributed by atoms with Crippen molar-refractivity contribution in [3.63, 3.8) is 0 Å². The normalized spacial score (nSPS) is 10.9. The second kappa shape index (κ2) is 9.51. The van der Waals surface area contributed by atoms with Crippen molar-refractivity contribution in [3.05, 3.63) is 82.0 Å². The molecule has 0 radical (unpaired) electrons. The van der Waals surface area contributed by atoms with E-state index in [9.17, 15) is 18.8 Å². The van der Waals surface area contributed by atoms with E-state index in [0.717, 1.165) is 0 Å². The summed E-state index contributed by atoms with van der Waals surface area (Å²) in [5.74, 6) is -0.994. The Kier molecular flexibility index (Phi) is 6.59. The SMILES string of the molecule is CCOC(=O)Nc1ccc2c(COC(=O)/C=C/c3ccc(F)cc3)cc(=O)oc2c1. The number of benzene rings is 2. The van der Waals surface area contributed by atoms with Crippen LogP contribution in [0.25, 0.3) is 17.0 Å². The van der Waals surface area contributed by atoms with Gasteiger partial charge in [0.2, 0.25) is 0 Å². The lowest BCUT2D eigenvalue weighted by molar-refractivity contribution is -0.138. The number of amides is 1. The van der Waals surface area contributed by atoms with Gasteiger partial charge in [-0.3, -0.25) is 5.32 Å². The van der Waals surface area contributed by atoms with E-state index in [4.69, 9.17) is 13.9 Å². The maximum Gasteiger partial charge on any atom is 0.411 e. The molecular formula is C22H18FNO6. The standard InChI is InChI=1S/C22H18FNO6/c1-2-28-22(27)24-17-8-9-18-15(11-21(26)30-19(18)12-17)13-29-20(25)10-5-14-3-6-16(23)7-4-14/h3-12H,2,13H2,1H3,(H,24,27)/b10-5+. The van der Waals surface area contributed by atoms with Crippen molar-refractivity contribution in [1.29, 1.82) is 0 Å². The average Bonchev–Trinajstić information content (AvgIpc) is 2.71. The smallest absolute Gasteiger partial charge is 0.411 e. The molecule has 0 spiro atoms. The van der Waals surface area contributed by atoms with Crippen LogP contribution in [0, 0.1) is 5.82 Å². The van der Waals surface area contributed by atoms with Gasteiger partial charge in [0, 0.05) is 34.8 Å². The van der Waals surface area contributed by atoms with E-state index < -0.39 is 17.7 Å². The quantitative estimate of drug-likeness (QED) is 0.370. The Balaban J connectivity index is 1.72. The summed E-state index contributed by atoms with van der Waals surface area (Å²) >= 11 is 0. The summed E-state index contributed by atoms with van der Waals surface area (Å²) in [5, 5.41) is 3.07. The summed E-state index contributed by atoms with van der Waals surface area (Å²) in [5.41, 5.74) is 1.09. The van der Waals surface area contributed by atoms with E-state index in [1.807, 2.05) is 0 Å². The molecule has 8 heteroatoms. The molecule has 0 aliphatic carbocycles. The molecular weight excluding hydrogens is 393 g/mol. The molecule has 0 fully saturated rings. The van der Waals surface area contributed by atoms with Gasteiger partial charge in [0.1, 0.15) is 18.0 Å². The minimum Gasteiger partial charge on any atom is -0.458 e. The zero-order valence-electron chi connectivity index (χ0n) is 16.0. The number of rotatable bonds is 6. The average molecular weight is 411 g/mol. The first kappa shape index (κ1) is 20.8. The predicted molar refractivity (Wildman–Crippen MR) is 108 cm³/mol. The Bertz CT molecular complexity index is 1150. The van der Waals surface area contributed by atoms with Crippen molar-refractivity contribution in [2.45, 2.75) is 13.5 Å². The first-order valence-electron chi connectivity index (χ1n) is 9.05. The minimum absolute atomic E-state index is 0.153. The van der Waals surface area contributed by atoms with Gasteiger partial charge < -0.3 is 13.9 Å². The fraction of sp³-hybridized carbons (Fsp3) is 0.136. The first-order chi connectivity index (χ1) is 14.4. The van der Waals surface area contributed by atoms with E-state index in [2.05, 4.69) is 5.32 Å². The van der Waals surface area contributed by atoms with E-state index in [-0.39, 0.29) is 24.6 Å². The molecule has 0 aliphatic heterocycles. The van der Waals surface area contributed by atoms with Crippen LogP contribution in [0.15, 0.2) is 63.8 Å². The van der Waals surface area contributed by atoms with E-state index in [0.29, 0.717) is 22.2 Å². The highest BCUT2D eigenvalue weighted by Gasteiger charge is 2.10. The van der Waals surface area contributed by atoms with Crippen molar-refractivity contribution in [3.8, 4) is 0 Å². The number of halogens is 1. The van der Waals surface area contributed by atoms with Gasteiger partial charge in [-0.1, -0.05) is 12.1 Å². The summed E-state index contributed by atoms with van der Waals surface area (Å²) in [7, 11) is 0. The number of esters is 1. The van der Waals surface area contributed by atoms with Crippen molar-refractivity contribution in [2.24, 2.45) is 0 Å². The second-order valence-corrected chi connectivity index (χ2v) is 6.14. The van der Waals surface area contributed by atoms with Gasteiger partial charge in [0.25, 0.3) is 0 Å². The zero-order chi connectivity index (χ0) is 21.5. The van der Waals surface area contributed by atoms with E-state index in [1.54, 1.807) is 19.1 Å². The van der Waals surface area contributed by atoms with Crippen LogP contribution in [-0.2, 0) is 20.9 Å². The maximum absolute atomic E-state index is 12.9. The zero-order valence-corrected chi connectivity index (χ0v) is 16.0. The third-order valence-electron chi connectivity index (χ3n) is 4.00. The first-order valence-corrected chi connectivity index (χ1v) is 9.05. The summed E-state index contributed by atoms with van der Waals surface area (Å²) in [4.78, 5) is 35.4. The van der Waals surface area contributed by atoms with Gasteiger partial charge in [-0.05, 0) is 42.8 Å². The Morgan fingerprint density at radius 3 is 2.60 bits per heavy atom. The van der Waals surface area contributed by atoms with Crippen LogP contribution >= 0.6 is 0 Å². The van der Waals surface area contributed by atoms with E-state index in [1.165, 1.54) is 48.6 Å². The molecule has 0 saturated carbocycles. The molecule has 2 aromatic carbocycles. The molecule has 1 N–H and O–H groups in total. The molecule has 1 aromatic heterocycles. The van der Waals surface area contributed by atoms with Crippen LogP contribution in [0.3, 0.4) is 0 Å². The highest BCUT2D eigenvalue weighted by Crippen LogP contribution is 2.22. The lowest BCUT2D eigenvalue weighted by Crippen LogP contribution is -2.13. The van der Waals surface area contributed by atoms with Gasteiger partial charge in [0.05, 0.1) is 6.61 Å². The fourth-order valence-corrected chi connectivity index (χ4v) is 2.65. The number of ether oxygens (including phenoxy) is 2. The largest absolute Gasteiger partial charge is 0.458 e. The Morgan fingerprint density at radius 2 is 1.87 bits per heavy atom. The van der Waals surface area contributed by atoms with Gasteiger partial charge >= 0.3 is 17.7 Å². The molecule has 3 rings (SSSR count). The molecule has 0 unspecified atom stereocenters. The molecule has 154 valence electrons. The number of carbonyl (C=O) groups excluding carboxylic acids is 2. The van der Waals surface area contributed by atoms with Gasteiger partial charge in [-0.15, -0.1) is 0 Å². The van der Waals surface area contributed by atoms with Crippen LogP contribution in [0.5, 0.6) is 0 Å². The highest BCUT2D eigenvalue weighted by atomic mass is 19.1. The molecule has 0 bridgehead atoms. The number of carbonyl (C=O) groups is 2. The summed E-state index contributed by atoms with van der Waals surface area (Å²) in [6, 6.07) is 11.6. The summed E-state index contributed by atoms with van der Waals surface area (Å²) < 4.78 is 28.1. The fourth-order valence-electron chi connectivity index (χ4n) is 2.65. The molecule has 7 nitrogen and oxygen atoms in total. The van der Waals surface area contributed by atoms with Crippen LogP contribution in [0.1, 0.15) is 18.1 Å². The second-order valence-electron chi connectivity index (χ2n) is 6.14. The number of anilines is 1. The van der Waals surface area contributed by atoms with Crippen LogP contribution in [-0.4, -0.2) is 18.7 Å². The van der Waals surface area contributed by atoms with Crippen molar-refractivity contribution < 1.29 is 27.9 Å². The topological polar surface area (TPSA) is 94.8 Å². The van der Waals surface area contributed by atoms with Crippen LogP contribution in [0.2, 0.25) is 0 Å². The number of hydrogen-bond donors (Lipinski definition) is 1. The number of hydrogen-bond acceptors (Lipinski definition) is 6. The predicted octanol–water partition coefficient (Wildman–Crippen LogP) is 4.26. The maximum atomic E-state index is 12.9. The van der Waals surface area contributed by atoms with Crippen molar-refractivity contribution in [1.82, 2.24) is 0 Å². The van der Waals surface area contributed by atoms with Crippen molar-refractivity contribution >= 4 is 34.8 Å². The van der Waals surface area contributed by atoms with Crippen LogP contribution < -0.4 is 10.9 Å². The van der Waals surface area contributed by atoms with Gasteiger partial charge in [-0.2, -0.15) is 0 Å². The monoisotopic (exact) mass is 411 g/mol. The third kappa shape index (κ3) is 5.54. The minimum atomic E-state index is -0.628. The molecule has 1 amide bonds. The molecule has 3 aromatic rings. The van der Waals surface area contributed by atoms with Gasteiger partial charge in [0.15, 0.2) is 0 Å². The summed E-state index contributed by atoms with van der Waals surface area (Å²) in [6.45, 7) is 1.75. The summed E-state index contributed by atoms with van der Waals surface area (Å²) in [6.07, 6.45) is 2.08. The molecule has 1 heterocycles. The molecule has 0 aliphatic rings. The van der Waals surface area contributed by atoms with E-state index >= 15 is 0 Å². The molecule has 30 heavy (non-hydrogen) atoms. The van der Waals surface area contributed by atoms with Gasteiger partial charge in [-0.25, -0.2) is 18.8 Å². The lowest BCUT2D eigenvalue weighted by atomic mass is 10.1. The lowest BCUT2D eigenvalue weighted by Gasteiger charge is -2.08.